The van der Waals surface area contributed by atoms with Gasteiger partial charge in [-0.3, -0.25) is 0 Å². The van der Waals surface area contributed by atoms with Crippen LogP contribution in [0.25, 0.3) is 11.3 Å². The first-order valence-electron chi connectivity index (χ1n) is 9.35. The fourth-order valence-corrected chi connectivity index (χ4v) is 4.34. The molecular weight excluding hydrogens is 312 g/mol. The Morgan fingerprint density at radius 1 is 1.00 bits per heavy atom. The average molecular weight is 340 g/mol. The number of anilines is 1. The highest BCUT2D eigenvalue weighted by atomic mass is 16.5. The number of methoxy groups -OCH3 is 1. The van der Waals surface area contributed by atoms with E-state index in [9.17, 15) is 0 Å². The molecule has 2 aliphatic heterocycles. The Morgan fingerprint density at radius 2 is 1.72 bits per heavy atom. The normalized spacial score (nSPS) is 20.8. The molecular formula is C21H28N2O2. The van der Waals surface area contributed by atoms with Crippen LogP contribution in [0.4, 0.5) is 5.69 Å². The van der Waals surface area contributed by atoms with E-state index in [2.05, 4.69) is 35.0 Å². The number of benzene rings is 1. The van der Waals surface area contributed by atoms with Gasteiger partial charge in [-0.25, -0.2) is 0 Å². The Hall–Kier alpha value is -1.94. The van der Waals surface area contributed by atoms with Crippen molar-refractivity contribution in [1.82, 2.24) is 4.90 Å². The predicted octanol–water partition coefficient (Wildman–Crippen LogP) is 4.27. The Kier molecular flexibility index (Phi) is 4.46. The van der Waals surface area contributed by atoms with E-state index in [1.165, 1.54) is 44.5 Å². The van der Waals surface area contributed by atoms with E-state index < -0.39 is 0 Å². The molecule has 0 N–H and O–H groups in total. The molecule has 2 saturated heterocycles. The first-order valence-corrected chi connectivity index (χ1v) is 9.35. The van der Waals surface area contributed by atoms with E-state index in [1.54, 1.807) is 13.4 Å². The summed E-state index contributed by atoms with van der Waals surface area (Å²) in [6.45, 7) is 4.80. The van der Waals surface area contributed by atoms with Crippen molar-refractivity contribution in [1.29, 1.82) is 0 Å². The van der Waals surface area contributed by atoms with E-state index in [0.29, 0.717) is 5.41 Å². The van der Waals surface area contributed by atoms with Crippen LogP contribution in [-0.4, -0.2) is 45.2 Å². The Balaban J connectivity index is 1.48. The monoisotopic (exact) mass is 340 g/mol. The summed E-state index contributed by atoms with van der Waals surface area (Å²) in [7, 11) is 3.98. The maximum atomic E-state index is 5.63. The van der Waals surface area contributed by atoms with Crippen molar-refractivity contribution >= 4 is 5.69 Å². The second-order valence-corrected chi connectivity index (χ2v) is 7.65. The Morgan fingerprint density at radius 3 is 2.36 bits per heavy atom. The number of hydrogen-bond acceptors (Lipinski definition) is 4. The zero-order chi connectivity index (χ0) is 17.3. The average Bonchev–Trinajstić information content (AvgIpc) is 3.19. The summed E-state index contributed by atoms with van der Waals surface area (Å²) >= 11 is 0. The highest BCUT2D eigenvalue weighted by Gasteiger charge is 2.36. The standard InChI is InChI=1S/C21H28N2O2/c1-22-11-7-21(8-12-22)9-13-23(14-10-21)17-5-6-18(20(16-17)24-2)19-4-3-15-25-19/h3-6,15-16H,7-14H2,1-2H3. The first-order chi connectivity index (χ1) is 12.2. The largest absolute Gasteiger partial charge is 0.496 e. The molecule has 0 saturated carbocycles. The molecule has 2 aliphatic rings. The molecule has 25 heavy (non-hydrogen) atoms. The number of hydrogen-bond donors (Lipinski definition) is 0. The molecule has 1 aromatic carbocycles. The molecule has 0 amide bonds. The van der Waals surface area contributed by atoms with Crippen LogP contribution in [0.1, 0.15) is 25.7 Å². The lowest BCUT2D eigenvalue weighted by molar-refractivity contribution is 0.0945. The van der Waals surface area contributed by atoms with Gasteiger partial charge in [0.25, 0.3) is 0 Å². The molecule has 1 spiro atoms. The molecule has 0 unspecified atom stereocenters. The second kappa shape index (κ2) is 6.75. The molecule has 134 valence electrons. The van der Waals surface area contributed by atoms with Crippen molar-refractivity contribution in [3.05, 3.63) is 36.6 Å². The fourth-order valence-electron chi connectivity index (χ4n) is 4.34. The van der Waals surface area contributed by atoms with Gasteiger partial charge in [0, 0.05) is 24.8 Å². The number of furan rings is 1. The highest BCUT2D eigenvalue weighted by Crippen LogP contribution is 2.42. The summed E-state index contributed by atoms with van der Waals surface area (Å²) < 4.78 is 11.2. The van der Waals surface area contributed by atoms with E-state index in [1.807, 2.05) is 12.1 Å². The maximum absolute atomic E-state index is 5.63. The number of piperidine rings is 2. The van der Waals surface area contributed by atoms with Crippen molar-refractivity contribution in [2.24, 2.45) is 5.41 Å². The molecule has 0 radical (unpaired) electrons. The third-order valence-corrected chi connectivity index (χ3v) is 6.21. The quantitative estimate of drug-likeness (QED) is 0.834. The third kappa shape index (κ3) is 3.28. The second-order valence-electron chi connectivity index (χ2n) is 7.65. The smallest absolute Gasteiger partial charge is 0.137 e. The highest BCUT2D eigenvalue weighted by molar-refractivity contribution is 5.70. The van der Waals surface area contributed by atoms with Crippen molar-refractivity contribution in [3.8, 4) is 17.1 Å². The molecule has 2 fully saturated rings. The number of rotatable bonds is 3. The van der Waals surface area contributed by atoms with Crippen molar-refractivity contribution in [2.45, 2.75) is 25.7 Å². The van der Waals surface area contributed by atoms with Gasteiger partial charge < -0.3 is 19.0 Å². The molecule has 4 heteroatoms. The van der Waals surface area contributed by atoms with Crippen LogP contribution in [-0.2, 0) is 0 Å². The summed E-state index contributed by atoms with van der Waals surface area (Å²) in [5.41, 5.74) is 2.86. The molecule has 4 rings (SSSR count). The molecule has 3 heterocycles. The lowest BCUT2D eigenvalue weighted by Crippen LogP contribution is -2.46. The minimum absolute atomic E-state index is 0.585. The van der Waals surface area contributed by atoms with Gasteiger partial charge in [0.05, 0.1) is 18.9 Å². The zero-order valence-electron chi connectivity index (χ0n) is 15.3. The summed E-state index contributed by atoms with van der Waals surface area (Å²) in [5.74, 6) is 1.74. The minimum Gasteiger partial charge on any atom is -0.496 e. The van der Waals surface area contributed by atoms with Crippen LogP contribution in [0.15, 0.2) is 41.0 Å². The van der Waals surface area contributed by atoms with Crippen LogP contribution in [0.5, 0.6) is 5.75 Å². The van der Waals surface area contributed by atoms with E-state index in [0.717, 1.165) is 30.2 Å². The summed E-state index contributed by atoms with van der Waals surface area (Å²) in [4.78, 5) is 4.98. The van der Waals surface area contributed by atoms with Gasteiger partial charge in [-0.15, -0.1) is 0 Å². The lowest BCUT2D eigenvalue weighted by Gasteiger charge is -2.46. The number of nitrogens with zero attached hydrogens (tertiary/aromatic N) is 2. The number of likely N-dealkylation sites (tertiary alicyclic amines) is 1. The maximum Gasteiger partial charge on any atom is 0.137 e. The van der Waals surface area contributed by atoms with Crippen LogP contribution in [0.2, 0.25) is 0 Å². The van der Waals surface area contributed by atoms with Crippen LogP contribution in [0.3, 0.4) is 0 Å². The van der Waals surface area contributed by atoms with Gasteiger partial charge >= 0.3 is 0 Å². The molecule has 0 atom stereocenters. The van der Waals surface area contributed by atoms with E-state index in [-0.39, 0.29) is 0 Å². The first kappa shape index (κ1) is 16.5. The third-order valence-electron chi connectivity index (χ3n) is 6.21. The predicted molar refractivity (Wildman–Crippen MR) is 101 cm³/mol. The number of ether oxygens (including phenoxy) is 1. The van der Waals surface area contributed by atoms with Crippen LogP contribution in [0, 0.1) is 5.41 Å². The molecule has 0 bridgehead atoms. The zero-order valence-corrected chi connectivity index (χ0v) is 15.3. The van der Waals surface area contributed by atoms with Gasteiger partial charge in [0.15, 0.2) is 0 Å². The van der Waals surface area contributed by atoms with Gasteiger partial charge in [-0.05, 0) is 75.5 Å². The van der Waals surface area contributed by atoms with Crippen LogP contribution < -0.4 is 9.64 Å². The van der Waals surface area contributed by atoms with Crippen molar-refractivity contribution in [3.63, 3.8) is 0 Å². The topological polar surface area (TPSA) is 28.9 Å². The fraction of sp³-hybridized carbons (Fsp3) is 0.524. The van der Waals surface area contributed by atoms with Gasteiger partial charge in [-0.2, -0.15) is 0 Å². The molecule has 0 aliphatic carbocycles. The van der Waals surface area contributed by atoms with Crippen molar-refractivity contribution in [2.75, 3.05) is 45.2 Å². The van der Waals surface area contributed by atoms with Crippen molar-refractivity contribution < 1.29 is 9.15 Å². The Bertz CT molecular complexity index is 693. The van der Waals surface area contributed by atoms with E-state index in [4.69, 9.17) is 9.15 Å². The molecule has 2 aromatic rings. The van der Waals surface area contributed by atoms with Crippen LogP contribution >= 0.6 is 0 Å². The minimum atomic E-state index is 0.585. The lowest BCUT2D eigenvalue weighted by atomic mass is 9.71. The van der Waals surface area contributed by atoms with Gasteiger partial charge in [0.1, 0.15) is 11.5 Å². The van der Waals surface area contributed by atoms with E-state index >= 15 is 0 Å². The SMILES string of the molecule is COc1cc(N2CCC3(CCN(C)CC3)CC2)ccc1-c1ccco1. The molecule has 4 nitrogen and oxygen atoms in total. The summed E-state index contributed by atoms with van der Waals surface area (Å²) in [6.07, 6.45) is 7.04. The Labute approximate surface area is 150 Å². The van der Waals surface area contributed by atoms with Gasteiger partial charge in [0.2, 0.25) is 0 Å². The molecule has 1 aromatic heterocycles. The summed E-state index contributed by atoms with van der Waals surface area (Å²) in [5, 5.41) is 0. The summed E-state index contributed by atoms with van der Waals surface area (Å²) in [6, 6.07) is 10.4. The van der Waals surface area contributed by atoms with Gasteiger partial charge in [-0.1, -0.05) is 0 Å².